The van der Waals surface area contributed by atoms with E-state index >= 15 is 0 Å². The SMILES string of the molecule is Cc1nnc(Sc2nc3ccccc3[nH]2)c(C(=N)N)c1C. The van der Waals surface area contributed by atoms with Gasteiger partial charge in [-0.1, -0.05) is 12.1 Å². The van der Waals surface area contributed by atoms with Crippen molar-refractivity contribution in [1.29, 1.82) is 5.41 Å². The fraction of sp³-hybridized carbons (Fsp3) is 0.143. The topological polar surface area (TPSA) is 104 Å². The monoisotopic (exact) mass is 298 g/mol. The van der Waals surface area contributed by atoms with E-state index in [2.05, 4.69) is 20.2 Å². The summed E-state index contributed by atoms with van der Waals surface area (Å²) in [5, 5.41) is 17.3. The molecule has 6 nitrogen and oxygen atoms in total. The van der Waals surface area contributed by atoms with Gasteiger partial charge in [0.1, 0.15) is 10.9 Å². The van der Waals surface area contributed by atoms with E-state index < -0.39 is 0 Å². The molecule has 0 amide bonds. The smallest absolute Gasteiger partial charge is 0.172 e. The molecular formula is C14H14N6S. The molecule has 1 aromatic carbocycles. The lowest BCUT2D eigenvalue weighted by Gasteiger charge is -2.09. The highest BCUT2D eigenvalue weighted by atomic mass is 32.2. The largest absolute Gasteiger partial charge is 0.384 e. The van der Waals surface area contributed by atoms with Gasteiger partial charge < -0.3 is 10.7 Å². The van der Waals surface area contributed by atoms with Crippen molar-refractivity contribution >= 4 is 28.6 Å². The van der Waals surface area contributed by atoms with Crippen LogP contribution in [-0.2, 0) is 0 Å². The molecule has 3 rings (SSSR count). The minimum absolute atomic E-state index is 0.0101. The molecule has 0 saturated carbocycles. The lowest BCUT2D eigenvalue weighted by Crippen LogP contribution is -2.16. The van der Waals surface area contributed by atoms with Crippen molar-refractivity contribution in [3.8, 4) is 0 Å². The van der Waals surface area contributed by atoms with E-state index in [1.54, 1.807) is 0 Å². The lowest BCUT2D eigenvalue weighted by atomic mass is 10.1. The van der Waals surface area contributed by atoms with Crippen LogP contribution in [0.5, 0.6) is 0 Å². The zero-order valence-corrected chi connectivity index (χ0v) is 12.5. The zero-order chi connectivity index (χ0) is 15.0. The van der Waals surface area contributed by atoms with Gasteiger partial charge in [-0.3, -0.25) is 5.41 Å². The molecule has 7 heteroatoms. The number of para-hydroxylation sites is 2. The summed E-state index contributed by atoms with van der Waals surface area (Å²) < 4.78 is 0. The van der Waals surface area contributed by atoms with Gasteiger partial charge >= 0.3 is 0 Å². The van der Waals surface area contributed by atoms with Crippen LogP contribution in [-0.4, -0.2) is 26.0 Å². The zero-order valence-electron chi connectivity index (χ0n) is 11.6. The maximum atomic E-state index is 7.75. The fourth-order valence-electron chi connectivity index (χ4n) is 2.04. The van der Waals surface area contributed by atoms with Gasteiger partial charge in [0.25, 0.3) is 0 Å². The second-order valence-electron chi connectivity index (χ2n) is 4.67. The molecule has 0 unspecified atom stereocenters. The number of H-pyrrole nitrogens is 1. The van der Waals surface area contributed by atoms with E-state index in [4.69, 9.17) is 11.1 Å². The van der Waals surface area contributed by atoms with Crippen molar-refractivity contribution in [3.63, 3.8) is 0 Å². The average molecular weight is 298 g/mol. The van der Waals surface area contributed by atoms with Gasteiger partial charge in [0.15, 0.2) is 5.16 Å². The number of rotatable bonds is 3. The van der Waals surface area contributed by atoms with Crippen LogP contribution in [0.2, 0.25) is 0 Å². The molecule has 3 aromatic rings. The summed E-state index contributed by atoms with van der Waals surface area (Å²) >= 11 is 1.33. The fourth-order valence-corrected chi connectivity index (χ4v) is 2.98. The van der Waals surface area contributed by atoms with Gasteiger partial charge in [-0.05, 0) is 43.3 Å². The van der Waals surface area contributed by atoms with Gasteiger partial charge in [-0.2, -0.15) is 5.10 Å². The van der Waals surface area contributed by atoms with Gasteiger partial charge in [0, 0.05) is 0 Å². The van der Waals surface area contributed by atoms with Crippen LogP contribution < -0.4 is 5.73 Å². The summed E-state index contributed by atoms with van der Waals surface area (Å²) in [6, 6.07) is 7.79. The van der Waals surface area contributed by atoms with Crippen LogP contribution in [0.15, 0.2) is 34.4 Å². The molecule has 106 valence electrons. The number of aromatic nitrogens is 4. The Hall–Kier alpha value is -2.41. The number of benzene rings is 1. The molecule has 0 aliphatic heterocycles. The van der Waals surface area contributed by atoms with Crippen LogP contribution in [0, 0.1) is 19.3 Å². The second kappa shape index (κ2) is 5.17. The molecule has 0 bridgehead atoms. The highest BCUT2D eigenvalue weighted by Gasteiger charge is 2.16. The molecule has 0 atom stereocenters. The van der Waals surface area contributed by atoms with Crippen LogP contribution in [0.4, 0.5) is 0 Å². The molecule has 0 spiro atoms. The van der Waals surface area contributed by atoms with Crippen molar-refractivity contribution in [3.05, 3.63) is 41.1 Å². The number of nitrogens with zero attached hydrogens (tertiary/aromatic N) is 3. The van der Waals surface area contributed by atoms with E-state index in [-0.39, 0.29) is 5.84 Å². The number of nitrogens with one attached hydrogen (secondary N) is 2. The van der Waals surface area contributed by atoms with Crippen molar-refractivity contribution in [2.45, 2.75) is 24.0 Å². The molecule has 2 heterocycles. The maximum Gasteiger partial charge on any atom is 0.172 e. The Morgan fingerprint density at radius 3 is 2.71 bits per heavy atom. The Morgan fingerprint density at radius 2 is 2.00 bits per heavy atom. The van der Waals surface area contributed by atoms with Crippen LogP contribution >= 0.6 is 11.8 Å². The van der Waals surface area contributed by atoms with Crippen molar-refractivity contribution in [2.24, 2.45) is 5.73 Å². The van der Waals surface area contributed by atoms with E-state index in [1.165, 1.54) is 11.8 Å². The number of aryl methyl sites for hydroxylation is 1. The molecule has 0 saturated heterocycles. The summed E-state index contributed by atoms with van der Waals surface area (Å²) in [5.41, 5.74) is 9.80. The lowest BCUT2D eigenvalue weighted by molar-refractivity contribution is 0.869. The number of fused-ring (bicyclic) bond motifs is 1. The van der Waals surface area contributed by atoms with Gasteiger partial charge in [0.05, 0.1) is 22.3 Å². The Labute approximate surface area is 125 Å². The Kier molecular flexibility index (Phi) is 3.34. The van der Waals surface area contributed by atoms with Crippen molar-refractivity contribution in [2.75, 3.05) is 0 Å². The minimum Gasteiger partial charge on any atom is -0.384 e. The van der Waals surface area contributed by atoms with Crippen LogP contribution in [0.3, 0.4) is 0 Å². The van der Waals surface area contributed by atoms with E-state index in [0.29, 0.717) is 15.7 Å². The summed E-state index contributed by atoms with van der Waals surface area (Å²) in [5.74, 6) is -0.0101. The number of imidazole rings is 1. The minimum atomic E-state index is -0.0101. The van der Waals surface area contributed by atoms with Crippen molar-refractivity contribution < 1.29 is 0 Å². The standard InChI is InChI=1S/C14H14N6S/c1-7-8(2)19-20-13(11(7)12(15)16)21-14-17-9-5-3-4-6-10(9)18-14/h3-6H,1-2H3,(H3,15,16)(H,17,18). The molecule has 0 aliphatic rings. The number of hydrogen-bond acceptors (Lipinski definition) is 5. The molecule has 21 heavy (non-hydrogen) atoms. The Bertz CT molecular complexity index is 806. The molecule has 0 aliphatic carbocycles. The van der Waals surface area contributed by atoms with Crippen LogP contribution in [0.1, 0.15) is 16.8 Å². The first-order valence-electron chi connectivity index (χ1n) is 6.37. The Morgan fingerprint density at radius 1 is 1.24 bits per heavy atom. The summed E-state index contributed by atoms with van der Waals surface area (Å²) in [4.78, 5) is 7.71. The van der Waals surface area contributed by atoms with Gasteiger partial charge in [0.2, 0.25) is 0 Å². The van der Waals surface area contributed by atoms with E-state index in [9.17, 15) is 0 Å². The predicted octanol–water partition coefficient (Wildman–Crippen LogP) is 2.41. The number of aromatic amines is 1. The quantitative estimate of drug-likeness (QED) is 0.509. The highest BCUT2D eigenvalue weighted by molar-refractivity contribution is 7.99. The number of nitrogens with two attached hydrogens (primary N) is 1. The van der Waals surface area contributed by atoms with Gasteiger partial charge in [-0.25, -0.2) is 4.98 Å². The first-order valence-corrected chi connectivity index (χ1v) is 7.19. The molecular weight excluding hydrogens is 284 g/mol. The number of amidine groups is 1. The maximum absolute atomic E-state index is 7.75. The third-order valence-corrected chi connectivity index (χ3v) is 4.12. The van der Waals surface area contributed by atoms with Crippen LogP contribution in [0.25, 0.3) is 11.0 Å². The molecule has 0 fully saturated rings. The van der Waals surface area contributed by atoms with Gasteiger partial charge in [-0.15, -0.1) is 5.10 Å². The van der Waals surface area contributed by atoms with E-state index in [0.717, 1.165) is 22.3 Å². The highest BCUT2D eigenvalue weighted by Crippen LogP contribution is 2.29. The average Bonchev–Trinajstić information content (AvgIpc) is 2.85. The van der Waals surface area contributed by atoms with E-state index in [1.807, 2.05) is 38.1 Å². The predicted molar refractivity (Wildman–Crippen MR) is 82.7 cm³/mol. The Balaban J connectivity index is 2.05. The number of nitrogen functional groups attached to an aromatic ring is 1. The summed E-state index contributed by atoms with van der Waals surface area (Å²) in [6.45, 7) is 3.74. The summed E-state index contributed by atoms with van der Waals surface area (Å²) in [7, 11) is 0. The second-order valence-corrected chi connectivity index (χ2v) is 5.64. The normalized spacial score (nSPS) is 11.0. The first-order chi connectivity index (χ1) is 10.1. The first kappa shape index (κ1) is 13.6. The molecule has 2 aromatic heterocycles. The third-order valence-electron chi connectivity index (χ3n) is 3.25. The number of hydrogen-bond donors (Lipinski definition) is 3. The summed E-state index contributed by atoms with van der Waals surface area (Å²) in [6.07, 6.45) is 0. The third kappa shape index (κ3) is 2.47. The van der Waals surface area contributed by atoms with Crippen molar-refractivity contribution in [1.82, 2.24) is 20.2 Å². The molecule has 0 radical (unpaired) electrons. The molecule has 4 N–H and O–H groups in total.